The van der Waals surface area contributed by atoms with Gasteiger partial charge in [0.25, 0.3) is 5.91 Å². The summed E-state index contributed by atoms with van der Waals surface area (Å²) in [6, 6.07) is 0.373. The molecule has 23 heavy (non-hydrogen) atoms. The van der Waals surface area contributed by atoms with Crippen LogP contribution in [0, 0.1) is 0 Å². The first kappa shape index (κ1) is 16.0. The topological polar surface area (TPSA) is 71.8 Å². The number of likely N-dealkylation sites (tertiary alicyclic amines) is 1. The zero-order chi connectivity index (χ0) is 16.4. The smallest absolute Gasteiger partial charge is 0.268 e. The third kappa shape index (κ3) is 3.39. The van der Waals surface area contributed by atoms with Gasteiger partial charge in [0, 0.05) is 44.4 Å². The van der Waals surface area contributed by atoms with Crippen LogP contribution >= 0.6 is 0 Å². The molecule has 1 spiro atoms. The number of hydrogen-bond donors (Lipinski definition) is 1. The molecule has 0 aromatic carbocycles. The first-order chi connectivity index (χ1) is 11.0. The van der Waals surface area contributed by atoms with Gasteiger partial charge in [0.2, 0.25) is 0 Å². The molecule has 126 valence electrons. The van der Waals surface area contributed by atoms with Crippen LogP contribution in [0.15, 0.2) is 17.5 Å². The normalized spacial score (nSPS) is 24.8. The van der Waals surface area contributed by atoms with Crippen LogP contribution in [-0.2, 0) is 16.2 Å². The molecule has 1 aromatic heterocycles. The molecule has 0 saturated carbocycles. The third-order valence-electron chi connectivity index (χ3n) is 4.54. The SMILES string of the molecule is CNC(=O)C1=NOC2(CCCN(Cc3cnn(C(C)C)c3)C2)C1. The first-order valence-electron chi connectivity index (χ1n) is 8.24. The Labute approximate surface area is 136 Å². The highest BCUT2D eigenvalue weighted by atomic mass is 16.7. The fourth-order valence-corrected chi connectivity index (χ4v) is 3.33. The number of nitrogens with zero attached hydrogens (tertiary/aromatic N) is 4. The Morgan fingerprint density at radius 1 is 1.52 bits per heavy atom. The van der Waals surface area contributed by atoms with Crippen LogP contribution in [0.3, 0.4) is 0 Å². The summed E-state index contributed by atoms with van der Waals surface area (Å²) in [5.41, 5.74) is 1.37. The molecule has 7 nitrogen and oxygen atoms in total. The van der Waals surface area contributed by atoms with Crippen molar-refractivity contribution >= 4 is 11.6 Å². The van der Waals surface area contributed by atoms with Gasteiger partial charge in [-0.3, -0.25) is 14.4 Å². The maximum atomic E-state index is 11.7. The summed E-state index contributed by atoms with van der Waals surface area (Å²) >= 11 is 0. The van der Waals surface area contributed by atoms with Crippen molar-refractivity contribution in [3.05, 3.63) is 18.0 Å². The van der Waals surface area contributed by atoms with Crippen LogP contribution in [-0.4, -0.2) is 52.0 Å². The number of rotatable bonds is 4. The van der Waals surface area contributed by atoms with E-state index < -0.39 is 0 Å². The van der Waals surface area contributed by atoms with Crippen molar-refractivity contribution in [2.75, 3.05) is 20.1 Å². The van der Waals surface area contributed by atoms with E-state index >= 15 is 0 Å². The van der Waals surface area contributed by atoms with Gasteiger partial charge in [0.05, 0.1) is 6.20 Å². The molecule has 1 N–H and O–H groups in total. The predicted molar refractivity (Wildman–Crippen MR) is 87.1 cm³/mol. The molecular weight excluding hydrogens is 294 g/mol. The molecule has 1 atom stereocenters. The van der Waals surface area contributed by atoms with E-state index in [0.29, 0.717) is 18.2 Å². The number of amides is 1. The molecule has 0 bridgehead atoms. The number of hydrogen-bond acceptors (Lipinski definition) is 5. The number of carbonyl (C=O) groups is 1. The highest BCUT2D eigenvalue weighted by molar-refractivity contribution is 6.39. The fourth-order valence-electron chi connectivity index (χ4n) is 3.33. The van der Waals surface area contributed by atoms with E-state index in [1.165, 1.54) is 5.56 Å². The van der Waals surface area contributed by atoms with Crippen LogP contribution in [0.5, 0.6) is 0 Å². The van der Waals surface area contributed by atoms with Crippen LogP contribution in [0.1, 0.15) is 44.7 Å². The molecule has 0 radical (unpaired) electrons. The summed E-state index contributed by atoms with van der Waals surface area (Å²) < 4.78 is 1.98. The van der Waals surface area contributed by atoms with Gasteiger partial charge in [-0.2, -0.15) is 5.10 Å². The molecule has 7 heteroatoms. The molecule has 0 aliphatic carbocycles. The van der Waals surface area contributed by atoms with E-state index in [4.69, 9.17) is 4.84 Å². The predicted octanol–water partition coefficient (Wildman–Crippen LogP) is 1.32. The van der Waals surface area contributed by atoms with Gasteiger partial charge in [-0.05, 0) is 33.2 Å². The zero-order valence-corrected chi connectivity index (χ0v) is 14.1. The minimum Gasteiger partial charge on any atom is -0.387 e. The molecule has 1 saturated heterocycles. The molecule has 2 aliphatic rings. The molecular formula is C16H25N5O2. The Balaban J connectivity index is 1.61. The van der Waals surface area contributed by atoms with Gasteiger partial charge < -0.3 is 10.2 Å². The van der Waals surface area contributed by atoms with Crippen molar-refractivity contribution < 1.29 is 9.63 Å². The van der Waals surface area contributed by atoms with Crippen molar-refractivity contribution in [2.24, 2.45) is 5.16 Å². The van der Waals surface area contributed by atoms with Crippen molar-refractivity contribution in [1.29, 1.82) is 0 Å². The maximum Gasteiger partial charge on any atom is 0.268 e. The highest BCUT2D eigenvalue weighted by Crippen LogP contribution is 2.34. The van der Waals surface area contributed by atoms with Crippen LogP contribution in [0.4, 0.5) is 0 Å². The molecule has 3 rings (SSSR count). The standard InChI is InChI=1S/C16H25N5O2/c1-12(2)21-10-13(8-18-21)9-20-6-4-5-16(11-20)7-14(19-23-16)15(22)17-3/h8,10,12H,4-7,9,11H2,1-3H3,(H,17,22). The Hall–Kier alpha value is -1.89. The highest BCUT2D eigenvalue weighted by Gasteiger charge is 2.44. The van der Waals surface area contributed by atoms with Crippen molar-refractivity contribution in [3.8, 4) is 0 Å². The Morgan fingerprint density at radius 2 is 2.35 bits per heavy atom. The molecule has 1 amide bonds. The van der Waals surface area contributed by atoms with Crippen LogP contribution < -0.4 is 5.32 Å². The van der Waals surface area contributed by atoms with E-state index in [1.54, 1.807) is 7.05 Å². The lowest BCUT2D eigenvalue weighted by Gasteiger charge is -2.38. The van der Waals surface area contributed by atoms with Gasteiger partial charge in [-0.1, -0.05) is 5.16 Å². The first-order valence-corrected chi connectivity index (χ1v) is 8.24. The van der Waals surface area contributed by atoms with Gasteiger partial charge in [0.15, 0.2) is 5.60 Å². The second-order valence-electron chi connectivity index (χ2n) is 6.80. The minimum absolute atomic E-state index is 0.141. The molecule has 1 unspecified atom stereocenters. The van der Waals surface area contributed by atoms with Crippen molar-refractivity contribution in [3.63, 3.8) is 0 Å². The lowest BCUT2D eigenvalue weighted by molar-refractivity contribution is -0.114. The second-order valence-corrected chi connectivity index (χ2v) is 6.80. The third-order valence-corrected chi connectivity index (χ3v) is 4.54. The van der Waals surface area contributed by atoms with Gasteiger partial charge in [-0.15, -0.1) is 0 Å². The maximum absolute atomic E-state index is 11.7. The molecule has 1 aromatic rings. The van der Waals surface area contributed by atoms with E-state index in [9.17, 15) is 4.79 Å². The number of carbonyl (C=O) groups excluding carboxylic acids is 1. The summed E-state index contributed by atoms with van der Waals surface area (Å²) in [5.74, 6) is -0.141. The summed E-state index contributed by atoms with van der Waals surface area (Å²) in [5, 5.41) is 11.0. The second kappa shape index (κ2) is 6.31. The van der Waals surface area contributed by atoms with Crippen molar-refractivity contribution in [2.45, 2.75) is 51.3 Å². The molecule has 2 aliphatic heterocycles. The van der Waals surface area contributed by atoms with E-state index in [1.807, 2.05) is 10.9 Å². The largest absolute Gasteiger partial charge is 0.387 e. The van der Waals surface area contributed by atoms with E-state index in [-0.39, 0.29) is 11.5 Å². The average Bonchev–Trinajstić information content (AvgIpc) is 3.14. The summed E-state index contributed by atoms with van der Waals surface area (Å²) in [6.07, 6.45) is 6.62. The Bertz CT molecular complexity index is 609. The molecule has 3 heterocycles. The Morgan fingerprint density at radius 3 is 3.04 bits per heavy atom. The lowest BCUT2D eigenvalue weighted by atomic mass is 9.88. The van der Waals surface area contributed by atoms with E-state index in [2.05, 4.69) is 40.5 Å². The monoisotopic (exact) mass is 319 g/mol. The Kier molecular flexibility index (Phi) is 4.39. The lowest BCUT2D eigenvalue weighted by Crippen LogP contribution is -2.48. The average molecular weight is 319 g/mol. The zero-order valence-electron chi connectivity index (χ0n) is 14.1. The van der Waals surface area contributed by atoms with Gasteiger partial charge in [0.1, 0.15) is 5.71 Å². The van der Waals surface area contributed by atoms with Gasteiger partial charge in [-0.25, -0.2) is 0 Å². The number of aromatic nitrogens is 2. The number of oxime groups is 1. The number of piperidine rings is 1. The summed E-state index contributed by atoms with van der Waals surface area (Å²) in [7, 11) is 1.62. The minimum atomic E-state index is -0.339. The summed E-state index contributed by atoms with van der Waals surface area (Å²) in [6.45, 7) is 6.93. The van der Waals surface area contributed by atoms with E-state index in [0.717, 1.165) is 32.5 Å². The fraction of sp³-hybridized carbons (Fsp3) is 0.688. The quantitative estimate of drug-likeness (QED) is 0.908. The van der Waals surface area contributed by atoms with Crippen molar-refractivity contribution in [1.82, 2.24) is 20.0 Å². The van der Waals surface area contributed by atoms with Crippen LogP contribution in [0.2, 0.25) is 0 Å². The van der Waals surface area contributed by atoms with Crippen LogP contribution in [0.25, 0.3) is 0 Å². The van der Waals surface area contributed by atoms with Gasteiger partial charge >= 0.3 is 0 Å². The summed E-state index contributed by atoms with van der Waals surface area (Å²) in [4.78, 5) is 19.8. The molecule has 1 fully saturated rings. The number of nitrogens with one attached hydrogen (secondary N) is 1.